The van der Waals surface area contributed by atoms with E-state index in [4.69, 9.17) is 0 Å². The molecular formula is C24H44O3. The lowest BCUT2D eigenvalue weighted by molar-refractivity contribution is -0.148. The molecule has 0 saturated heterocycles. The van der Waals surface area contributed by atoms with Crippen molar-refractivity contribution in [3.05, 3.63) is 12.2 Å². The maximum atomic E-state index is 11.7. The zero-order valence-corrected chi connectivity index (χ0v) is 18.6. The number of hydrogen-bond acceptors (Lipinski definition) is 2. The van der Waals surface area contributed by atoms with E-state index in [1.54, 1.807) is 6.92 Å². The van der Waals surface area contributed by atoms with Crippen LogP contribution < -0.4 is 0 Å². The van der Waals surface area contributed by atoms with Crippen molar-refractivity contribution >= 4 is 11.8 Å². The number of ketones is 1. The third-order valence-electron chi connectivity index (χ3n) is 6.54. The average molecular weight is 381 g/mol. The van der Waals surface area contributed by atoms with Gasteiger partial charge < -0.3 is 5.11 Å². The summed E-state index contributed by atoms with van der Waals surface area (Å²) in [4.78, 5) is 22.9. The van der Waals surface area contributed by atoms with Crippen molar-refractivity contribution in [3.8, 4) is 0 Å². The zero-order chi connectivity index (χ0) is 20.8. The number of unbranched alkanes of at least 4 members (excludes halogenated alkanes) is 7. The van der Waals surface area contributed by atoms with Crippen LogP contribution in [-0.4, -0.2) is 16.9 Å². The Kier molecular flexibility index (Phi) is 13.4. The smallest absolute Gasteiger partial charge is 0.309 e. The molecule has 0 aromatic heterocycles. The third kappa shape index (κ3) is 10.7. The SMILES string of the molecule is CCC(C)(CCCCCC=CCCCCCCC(C)(CC)C(=O)O)C(C)=O. The highest BCUT2D eigenvalue weighted by Crippen LogP contribution is 2.30. The molecule has 0 amide bonds. The van der Waals surface area contributed by atoms with Gasteiger partial charge in [0, 0.05) is 5.41 Å². The van der Waals surface area contributed by atoms with E-state index in [-0.39, 0.29) is 5.41 Å². The molecule has 3 nitrogen and oxygen atoms in total. The minimum Gasteiger partial charge on any atom is -0.481 e. The number of aliphatic carboxylic acids is 1. The summed E-state index contributed by atoms with van der Waals surface area (Å²) in [5.41, 5.74) is -0.659. The molecule has 0 aliphatic carbocycles. The molecule has 0 fully saturated rings. The maximum Gasteiger partial charge on any atom is 0.309 e. The summed E-state index contributed by atoms with van der Waals surface area (Å²) in [6.45, 7) is 9.75. The van der Waals surface area contributed by atoms with Gasteiger partial charge in [0.05, 0.1) is 5.41 Å². The predicted octanol–water partition coefficient (Wildman–Crippen LogP) is 7.34. The van der Waals surface area contributed by atoms with E-state index in [1.807, 2.05) is 13.8 Å². The Hall–Kier alpha value is -1.12. The number of Topliss-reactive ketones (excluding diaryl/α,β-unsaturated/α-hetero) is 1. The van der Waals surface area contributed by atoms with Crippen molar-refractivity contribution in [2.75, 3.05) is 0 Å². The fourth-order valence-electron chi connectivity index (χ4n) is 3.36. The molecule has 0 aromatic rings. The molecule has 0 bridgehead atoms. The van der Waals surface area contributed by atoms with Crippen LogP contribution in [0.1, 0.15) is 118 Å². The van der Waals surface area contributed by atoms with Crippen LogP contribution in [0.15, 0.2) is 12.2 Å². The van der Waals surface area contributed by atoms with Gasteiger partial charge in [0.15, 0.2) is 0 Å². The lowest BCUT2D eigenvalue weighted by Crippen LogP contribution is -2.26. The number of hydrogen-bond donors (Lipinski definition) is 1. The number of carboxylic acid groups (broad SMARTS) is 1. The summed E-state index contributed by atoms with van der Waals surface area (Å²) in [6, 6.07) is 0. The first-order valence-electron chi connectivity index (χ1n) is 11.1. The first kappa shape index (κ1) is 25.9. The Morgan fingerprint density at radius 1 is 0.741 bits per heavy atom. The van der Waals surface area contributed by atoms with E-state index >= 15 is 0 Å². The van der Waals surface area contributed by atoms with Gasteiger partial charge in [-0.25, -0.2) is 0 Å². The fraction of sp³-hybridized carbons (Fsp3) is 0.833. The standard InChI is InChI=1S/C24H44O3/c1-6-23(4,21(3)25)19-17-15-13-11-9-8-10-12-14-16-18-20-24(5,7-2)22(26)27/h8-9H,6-7,10-20H2,1-5H3,(H,26,27). The van der Waals surface area contributed by atoms with Crippen molar-refractivity contribution in [3.63, 3.8) is 0 Å². The Morgan fingerprint density at radius 3 is 1.56 bits per heavy atom. The Morgan fingerprint density at radius 2 is 1.15 bits per heavy atom. The lowest BCUT2D eigenvalue weighted by Gasteiger charge is -2.24. The summed E-state index contributed by atoms with van der Waals surface area (Å²) in [5.74, 6) is -0.333. The van der Waals surface area contributed by atoms with Gasteiger partial charge in [0.2, 0.25) is 0 Å². The van der Waals surface area contributed by atoms with E-state index in [0.717, 1.165) is 51.4 Å². The molecule has 1 N–H and O–H groups in total. The van der Waals surface area contributed by atoms with Crippen molar-refractivity contribution < 1.29 is 14.7 Å². The summed E-state index contributed by atoms with van der Waals surface area (Å²) < 4.78 is 0. The molecule has 0 radical (unpaired) electrons. The molecule has 0 aromatic carbocycles. The monoisotopic (exact) mass is 380 g/mol. The summed E-state index contributed by atoms with van der Waals surface area (Å²) in [6.07, 6.45) is 18.4. The van der Waals surface area contributed by atoms with Crippen LogP contribution in [0.4, 0.5) is 0 Å². The van der Waals surface area contributed by atoms with E-state index in [0.29, 0.717) is 12.2 Å². The summed E-state index contributed by atoms with van der Waals surface area (Å²) in [7, 11) is 0. The third-order valence-corrected chi connectivity index (χ3v) is 6.54. The van der Waals surface area contributed by atoms with Crippen LogP contribution in [0.3, 0.4) is 0 Å². The molecular weight excluding hydrogens is 336 g/mol. The second-order valence-electron chi connectivity index (χ2n) is 8.71. The van der Waals surface area contributed by atoms with Crippen molar-refractivity contribution in [2.24, 2.45) is 10.8 Å². The van der Waals surface area contributed by atoms with Gasteiger partial charge in [0.25, 0.3) is 0 Å². The van der Waals surface area contributed by atoms with E-state index in [1.165, 1.54) is 25.7 Å². The quantitative estimate of drug-likeness (QED) is 0.212. The van der Waals surface area contributed by atoms with E-state index in [2.05, 4.69) is 26.0 Å². The van der Waals surface area contributed by atoms with Gasteiger partial charge >= 0.3 is 5.97 Å². The molecule has 2 atom stereocenters. The number of carboxylic acids is 1. The molecule has 2 unspecified atom stereocenters. The molecule has 0 heterocycles. The topological polar surface area (TPSA) is 54.4 Å². The normalized spacial score (nSPS) is 16.2. The summed E-state index contributed by atoms with van der Waals surface area (Å²) in [5, 5.41) is 9.26. The highest BCUT2D eigenvalue weighted by Gasteiger charge is 2.30. The maximum absolute atomic E-state index is 11.7. The second-order valence-corrected chi connectivity index (χ2v) is 8.71. The van der Waals surface area contributed by atoms with Crippen LogP contribution in [0.2, 0.25) is 0 Å². The van der Waals surface area contributed by atoms with Crippen molar-refractivity contribution in [1.82, 2.24) is 0 Å². The Labute approximate surface area is 168 Å². The Balaban J connectivity index is 3.62. The molecule has 0 aliphatic rings. The lowest BCUT2D eigenvalue weighted by atomic mass is 9.79. The number of allylic oxidation sites excluding steroid dienone is 2. The molecule has 0 aliphatic heterocycles. The molecule has 0 spiro atoms. The van der Waals surface area contributed by atoms with Crippen LogP contribution in [0, 0.1) is 10.8 Å². The average Bonchev–Trinajstić information content (AvgIpc) is 2.64. The largest absolute Gasteiger partial charge is 0.481 e. The first-order chi connectivity index (χ1) is 12.7. The van der Waals surface area contributed by atoms with Crippen LogP contribution >= 0.6 is 0 Å². The number of rotatable bonds is 17. The molecule has 0 saturated carbocycles. The van der Waals surface area contributed by atoms with E-state index in [9.17, 15) is 14.7 Å². The molecule has 27 heavy (non-hydrogen) atoms. The van der Waals surface area contributed by atoms with Gasteiger partial charge in [-0.15, -0.1) is 0 Å². The molecule has 3 heteroatoms. The Bertz CT molecular complexity index is 455. The number of carbonyl (C=O) groups excluding carboxylic acids is 1. The van der Waals surface area contributed by atoms with Crippen LogP contribution in [-0.2, 0) is 9.59 Å². The van der Waals surface area contributed by atoms with E-state index < -0.39 is 11.4 Å². The highest BCUT2D eigenvalue weighted by atomic mass is 16.4. The first-order valence-corrected chi connectivity index (χ1v) is 11.1. The predicted molar refractivity (Wildman–Crippen MR) is 115 cm³/mol. The minimum absolute atomic E-state index is 0.116. The second kappa shape index (κ2) is 14.0. The van der Waals surface area contributed by atoms with Crippen LogP contribution in [0.5, 0.6) is 0 Å². The van der Waals surface area contributed by atoms with Crippen molar-refractivity contribution in [2.45, 2.75) is 118 Å². The van der Waals surface area contributed by atoms with Gasteiger partial charge in [-0.3, -0.25) is 9.59 Å². The molecule has 0 rings (SSSR count). The zero-order valence-electron chi connectivity index (χ0n) is 18.6. The summed E-state index contributed by atoms with van der Waals surface area (Å²) >= 11 is 0. The van der Waals surface area contributed by atoms with Gasteiger partial charge in [0.1, 0.15) is 5.78 Å². The number of carbonyl (C=O) groups is 2. The highest BCUT2D eigenvalue weighted by molar-refractivity contribution is 5.81. The molecule has 158 valence electrons. The van der Waals surface area contributed by atoms with Gasteiger partial charge in [-0.1, -0.05) is 65.0 Å². The minimum atomic E-state index is -0.659. The van der Waals surface area contributed by atoms with Gasteiger partial charge in [-0.05, 0) is 65.2 Å². The fourth-order valence-corrected chi connectivity index (χ4v) is 3.36. The van der Waals surface area contributed by atoms with Crippen LogP contribution in [0.25, 0.3) is 0 Å². The van der Waals surface area contributed by atoms with Gasteiger partial charge in [-0.2, -0.15) is 0 Å². The van der Waals surface area contributed by atoms with Crippen molar-refractivity contribution in [1.29, 1.82) is 0 Å².